The molecule has 1 amide bonds. The second-order valence-corrected chi connectivity index (χ2v) is 6.19. The molecule has 124 valence electrons. The van der Waals surface area contributed by atoms with E-state index in [0.717, 1.165) is 13.1 Å². The van der Waals surface area contributed by atoms with Gasteiger partial charge in [-0.2, -0.15) is 0 Å². The standard InChI is InChI=1S/C16H24Cl2N2O2/c1-5-20(11(2)3)9-8-19-16(21)12(4)22-15-7-6-13(17)10-14(15)18/h6-7,10-12H,5,8-9H2,1-4H3,(H,19,21). The average Bonchev–Trinajstić information content (AvgIpc) is 2.45. The molecule has 0 saturated carbocycles. The molecular formula is C16H24Cl2N2O2. The van der Waals surface area contributed by atoms with E-state index in [1.165, 1.54) is 0 Å². The Morgan fingerprint density at radius 1 is 1.32 bits per heavy atom. The van der Waals surface area contributed by atoms with Gasteiger partial charge in [0, 0.05) is 24.2 Å². The number of hydrogen-bond donors (Lipinski definition) is 1. The number of halogens is 2. The Bertz CT molecular complexity index is 495. The van der Waals surface area contributed by atoms with Gasteiger partial charge in [0.05, 0.1) is 5.02 Å². The molecule has 1 rings (SSSR count). The second kappa shape index (κ2) is 9.23. The first-order valence-corrected chi connectivity index (χ1v) is 8.24. The lowest BCUT2D eigenvalue weighted by Crippen LogP contribution is -2.42. The van der Waals surface area contributed by atoms with E-state index in [2.05, 4.69) is 31.0 Å². The summed E-state index contributed by atoms with van der Waals surface area (Å²) in [6, 6.07) is 5.38. The Labute approximate surface area is 142 Å². The third kappa shape index (κ3) is 6.03. The maximum atomic E-state index is 12.0. The molecule has 0 aromatic heterocycles. The summed E-state index contributed by atoms with van der Waals surface area (Å²) in [6.45, 7) is 10.4. The summed E-state index contributed by atoms with van der Waals surface area (Å²) in [5.41, 5.74) is 0. The van der Waals surface area contributed by atoms with E-state index in [9.17, 15) is 4.79 Å². The molecule has 0 heterocycles. The van der Waals surface area contributed by atoms with Crippen LogP contribution >= 0.6 is 23.2 Å². The van der Waals surface area contributed by atoms with Crippen LogP contribution in [0.2, 0.25) is 10.0 Å². The molecule has 1 atom stereocenters. The number of ether oxygens (including phenoxy) is 1. The summed E-state index contributed by atoms with van der Waals surface area (Å²) >= 11 is 11.9. The van der Waals surface area contributed by atoms with Crippen molar-refractivity contribution in [3.8, 4) is 5.75 Å². The lowest BCUT2D eigenvalue weighted by atomic mass is 10.3. The first kappa shape index (κ1) is 19.1. The monoisotopic (exact) mass is 346 g/mol. The topological polar surface area (TPSA) is 41.6 Å². The third-order valence-corrected chi connectivity index (χ3v) is 3.93. The maximum Gasteiger partial charge on any atom is 0.260 e. The molecule has 0 aliphatic heterocycles. The molecule has 0 aliphatic rings. The SMILES string of the molecule is CCN(CCNC(=O)C(C)Oc1ccc(Cl)cc1Cl)C(C)C. The molecule has 0 radical (unpaired) electrons. The van der Waals surface area contributed by atoms with E-state index in [1.807, 2.05) is 0 Å². The predicted octanol–water partition coefficient (Wildman–Crippen LogP) is 3.61. The fourth-order valence-electron chi connectivity index (χ4n) is 2.06. The van der Waals surface area contributed by atoms with Crippen molar-refractivity contribution in [2.75, 3.05) is 19.6 Å². The normalized spacial score (nSPS) is 12.5. The summed E-state index contributed by atoms with van der Waals surface area (Å²) in [5.74, 6) is 0.289. The number of nitrogens with zero attached hydrogens (tertiary/aromatic N) is 1. The summed E-state index contributed by atoms with van der Waals surface area (Å²) in [4.78, 5) is 14.3. The molecular weight excluding hydrogens is 323 g/mol. The Balaban J connectivity index is 2.45. The quantitative estimate of drug-likeness (QED) is 0.781. The minimum Gasteiger partial charge on any atom is -0.479 e. The van der Waals surface area contributed by atoms with Gasteiger partial charge in [-0.1, -0.05) is 30.1 Å². The van der Waals surface area contributed by atoms with Gasteiger partial charge in [0.25, 0.3) is 5.91 Å². The van der Waals surface area contributed by atoms with Gasteiger partial charge in [0.1, 0.15) is 5.75 Å². The lowest BCUT2D eigenvalue weighted by molar-refractivity contribution is -0.127. The summed E-state index contributed by atoms with van der Waals surface area (Å²) in [6.07, 6.45) is -0.618. The van der Waals surface area contributed by atoms with Crippen molar-refractivity contribution in [1.82, 2.24) is 10.2 Å². The van der Waals surface area contributed by atoms with Gasteiger partial charge in [-0.3, -0.25) is 9.69 Å². The average molecular weight is 347 g/mol. The highest BCUT2D eigenvalue weighted by Crippen LogP contribution is 2.28. The van der Waals surface area contributed by atoms with Crippen molar-refractivity contribution in [2.24, 2.45) is 0 Å². The van der Waals surface area contributed by atoms with Crippen molar-refractivity contribution in [3.05, 3.63) is 28.2 Å². The molecule has 1 N–H and O–H groups in total. The van der Waals surface area contributed by atoms with Gasteiger partial charge < -0.3 is 10.1 Å². The van der Waals surface area contributed by atoms with Crippen LogP contribution in [-0.4, -0.2) is 42.6 Å². The molecule has 0 bridgehead atoms. The van der Waals surface area contributed by atoms with Crippen LogP contribution in [0.25, 0.3) is 0 Å². The van der Waals surface area contributed by atoms with Crippen LogP contribution in [0.15, 0.2) is 18.2 Å². The van der Waals surface area contributed by atoms with Gasteiger partial charge in [-0.25, -0.2) is 0 Å². The van der Waals surface area contributed by atoms with E-state index in [4.69, 9.17) is 27.9 Å². The van der Waals surface area contributed by atoms with E-state index < -0.39 is 6.10 Å². The maximum absolute atomic E-state index is 12.0. The number of rotatable bonds is 8. The molecule has 0 aliphatic carbocycles. The number of benzene rings is 1. The smallest absolute Gasteiger partial charge is 0.260 e. The fraction of sp³-hybridized carbons (Fsp3) is 0.562. The van der Waals surface area contributed by atoms with Gasteiger partial charge in [-0.05, 0) is 45.5 Å². The molecule has 22 heavy (non-hydrogen) atoms. The molecule has 1 aromatic rings. The van der Waals surface area contributed by atoms with E-state index in [0.29, 0.717) is 28.4 Å². The van der Waals surface area contributed by atoms with Gasteiger partial charge in [0.15, 0.2) is 6.10 Å². The highest BCUT2D eigenvalue weighted by Gasteiger charge is 2.16. The number of carbonyl (C=O) groups is 1. The van der Waals surface area contributed by atoms with Crippen molar-refractivity contribution >= 4 is 29.1 Å². The molecule has 0 fully saturated rings. The number of carbonyl (C=O) groups excluding carboxylic acids is 1. The second-order valence-electron chi connectivity index (χ2n) is 5.35. The number of hydrogen-bond acceptors (Lipinski definition) is 3. The van der Waals surface area contributed by atoms with Crippen LogP contribution in [-0.2, 0) is 4.79 Å². The number of likely N-dealkylation sites (N-methyl/N-ethyl adjacent to an activating group) is 1. The highest BCUT2D eigenvalue weighted by molar-refractivity contribution is 6.35. The molecule has 4 nitrogen and oxygen atoms in total. The summed E-state index contributed by atoms with van der Waals surface area (Å²) in [7, 11) is 0. The van der Waals surface area contributed by atoms with Crippen molar-refractivity contribution in [3.63, 3.8) is 0 Å². The van der Waals surface area contributed by atoms with Crippen LogP contribution in [0.1, 0.15) is 27.7 Å². The van der Waals surface area contributed by atoms with Gasteiger partial charge in [0.2, 0.25) is 0 Å². The zero-order valence-electron chi connectivity index (χ0n) is 13.5. The Hall–Kier alpha value is -0.970. The molecule has 0 saturated heterocycles. The van der Waals surface area contributed by atoms with E-state index in [1.54, 1.807) is 25.1 Å². The van der Waals surface area contributed by atoms with Crippen LogP contribution in [0.4, 0.5) is 0 Å². The van der Waals surface area contributed by atoms with Crippen molar-refractivity contribution in [2.45, 2.75) is 39.8 Å². The Morgan fingerprint density at radius 3 is 2.55 bits per heavy atom. The Morgan fingerprint density at radius 2 is 2.00 bits per heavy atom. The first-order valence-electron chi connectivity index (χ1n) is 7.48. The molecule has 1 aromatic carbocycles. The highest BCUT2D eigenvalue weighted by atomic mass is 35.5. The minimum atomic E-state index is -0.618. The van der Waals surface area contributed by atoms with Crippen molar-refractivity contribution < 1.29 is 9.53 Å². The van der Waals surface area contributed by atoms with E-state index in [-0.39, 0.29) is 5.91 Å². The molecule has 0 spiro atoms. The fourth-order valence-corrected chi connectivity index (χ4v) is 2.52. The predicted molar refractivity (Wildman–Crippen MR) is 91.9 cm³/mol. The zero-order valence-corrected chi connectivity index (χ0v) is 15.0. The van der Waals surface area contributed by atoms with Crippen LogP contribution in [0.5, 0.6) is 5.75 Å². The first-order chi connectivity index (χ1) is 10.3. The van der Waals surface area contributed by atoms with Gasteiger partial charge in [-0.15, -0.1) is 0 Å². The van der Waals surface area contributed by atoms with Gasteiger partial charge >= 0.3 is 0 Å². The van der Waals surface area contributed by atoms with E-state index >= 15 is 0 Å². The molecule has 6 heteroatoms. The third-order valence-electron chi connectivity index (χ3n) is 3.40. The van der Waals surface area contributed by atoms with Crippen LogP contribution in [0, 0.1) is 0 Å². The number of nitrogens with one attached hydrogen (secondary N) is 1. The van der Waals surface area contributed by atoms with Crippen LogP contribution < -0.4 is 10.1 Å². The summed E-state index contributed by atoms with van der Waals surface area (Å²) < 4.78 is 5.58. The zero-order chi connectivity index (χ0) is 16.7. The molecule has 1 unspecified atom stereocenters. The Kier molecular flexibility index (Phi) is 8.01. The van der Waals surface area contributed by atoms with Crippen LogP contribution in [0.3, 0.4) is 0 Å². The largest absolute Gasteiger partial charge is 0.479 e. The number of amides is 1. The minimum absolute atomic E-state index is 0.161. The van der Waals surface area contributed by atoms with Crippen molar-refractivity contribution in [1.29, 1.82) is 0 Å². The lowest BCUT2D eigenvalue weighted by Gasteiger charge is -2.25. The summed E-state index contributed by atoms with van der Waals surface area (Å²) in [5, 5.41) is 3.80.